The van der Waals surface area contributed by atoms with Crippen molar-refractivity contribution in [1.29, 1.82) is 0 Å². The molecule has 0 saturated carbocycles. The smallest absolute Gasteiger partial charge is 0.0142 e. The highest BCUT2D eigenvalue weighted by Gasteiger charge is 1.83. The molecule has 59 valence electrons. The van der Waals surface area contributed by atoms with Crippen molar-refractivity contribution in [3.63, 3.8) is 0 Å². The molecule has 0 aromatic rings. The number of unbranched alkanes of at least 4 members (excludes halogenated alkanes) is 4. The van der Waals surface area contributed by atoms with Crippen molar-refractivity contribution in [2.45, 2.75) is 32.1 Å². The fraction of sp³-hybridized carbons (Fsp3) is 0.667. The predicted octanol–water partition coefficient (Wildman–Crippen LogP) is 3.65. The van der Waals surface area contributed by atoms with Crippen molar-refractivity contribution in [1.82, 2.24) is 0 Å². The number of hydrogen-bond acceptors (Lipinski definition) is 1. The van der Waals surface area contributed by atoms with Crippen LogP contribution >= 0.6 is 11.8 Å². The summed E-state index contributed by atoms with van der Waals surface area (Å²) in [5.41, 5.74) is 0. The highest BCUT2D eigenvalue weighted by Crippen LogP contribution is 2.04. The van der Waals surface area contributed by atoms with Crippen molar-refractivity contribution >= 4 is 11.8 Å². The summed E-state index contributed by atoms with van der Waals surface area (Å²) in [5.74, 6) is 0. The molecule has 0 amide bonds. The third-order valence-electron chi connectivity index (χ3n) is 1.35. The Morgan fingerprint density at radius 2 is 2.10 bits per heavy atom. The minimum atomic E-state index is 1.09. The van der Waals surface area contributed by atoms with Crippen LogP contribution in [-0.4, -0.2) is 6.26 Å². The predicted molar refractivity (Wildman–Crippen MR) is 51.1 cm³/mol. The van der Waals surface area contributed by atoms with E-state index in [4.69, 9.17) is 0 Å². The van der Waals surface area contributed by atoms with Gasteiger partial charge in [0, 0.05) is 0 Å². The maximum atomic E-state index is 3.80. The van der Waals surface area contributed by atoms with Gasteiger partial charge in [0.05, 0.1) is 0 Å². The molecule has 0 aromatic heterocycles. The summed E-state index contributed by atoms with van der Waals surface area (Å²) in [6.07, 6.45) is 10.6. The zero-order valence-electron chi connectivity index (χ0n) is 6.81. The van der Waals surface area contributed by atoms with Crippen LogP contribution in [0.1, 0.15) is 32.1 Å². The first-order valence-corrected chi connectivity index (χ1v) is 5.17. The normalized spacial score (nSPS) is 11.0. The summed E-state index contributed by atoms with van der Waals surface area (Å²) in [7, 11) is 0. The average molecular weight is 157 g/mol. The number of allylic oxidation sites excluding steroid dienone is 1. The molecule has 10 heavy (non-hydrogen) atoms. The lowest BCUT2D eigenvalue weighted by Gasteiger charge is -1.92. The molecular formula is C9H17S. The standard InChI is InChI=1S/C9H17S/c1-3-4-5-6-7-8-9-10-2/h8-9H,1,3-7H2,2H3/b9-8+. The van der Waals surface area contributed by atoms with Gasteiger partial charge >= 0.3 is 0 Å². The Bertz CT molecular complexity index is 76.8. The van der Waals surface area contributed by atoms with Gasteiger partial charge in [0.25, 0.3) is 0 Å². The Labute approximate surface area is 69.1 Å². The average Bonchev–Trinajstić information content (AvgIpc) is 1.97. The molecule has 0 aliphatic heterocycles. The van der Waals surface area contributed by atoms with E-state index >= 15 is 0 Å². The third kappa shape index (κ3) is 8.09. The highest BCUT2D eigenvalue weighted by molar-refractivity contribution is 8.01. The fourth-order valence-electron chi connectivity index (χ4n) is 0.780. The lowest BCUT2D eigenvalue weighted by atomic mass is 10.2. The molecule has 0 nitrogen and oxygen atoms in total. The van der Waals surface area contributed by atoms with Crippen LogP contribution in [0.25, 0.3) is 0 Å². The molecule has 0 fully saturated rings. The monoisotopic (exact) mass is 157 g/mol. The number of rotatable bonds is 6. The van der Waals surface area contributed by atoms with Gasteiger partial charge in [-0.05, 0) is 24.5 Å². The summed E-state index contributed by atoms with van der Waals surface area (Å²) in [5, 5.41) is 2.16. The van der Waals surface area contributed by atoms with Gasteiger partial charge in [0.15, 0.2) is 0 Å². The van der Waals surface area contributed by atoms with Gasteiger partial charge < -0.3 is 0 Å². The first-order chi connectivity index (χ1) is 4.91. The van der Waals surface area contributed by atoms with Crippen molar-refractivity contribution in [3.05, 3.63) is 18.4 Å². The molecule has 0 heterocycles. The SMILES string of the molecule is [CH2]CCCCC/C=C/SC. The molecule has 0 saturated heterocycles. The molecule has 0 rings (SSSR count). The van der Waals surface area contributed by atoms with E-state index in [-0.39, 0.29) is 0 Å². The zero-order chi connectivity index (χ0) is 7.66. The highest BCUT2D eigenvalue weighted by atomic mass is 32.2. The molecule has 0 bridgehead atoms. The summed E-state index contributed by atoms with van der Waals surface area (Å²) in [6, 6.07) is 0. The van der Waals surface area contributed by atoms with Gasteiger partial charge in [-0.25, -0.2) is 0 Å². The second-order valence-electron chi connectivity index (χ2n) is 2.31. The van der Waals surface area contributed by atoms with E-state index in [1.807, 2.05) is 0 Å². The van der Waals surface area contributed by atoms with Crippen molar-refractivity contribution < 1.29 is 0 Å². The van der Waals surface area contributed by atoms with Gasteiger partial charge in [-0.2, -0.15) is 0 Å². The maximum absolute atomic E-state index is 3.80. The summed E-state index contributed by atoms with van der Waals surface area (Å²) >= 11 is 1.77. The van der Waals surface area contributed by atoms with Crippen molar-refractivity contribution in [2.75, 3.05) is 6.26 Å². The third-order valence-corrected chi connectivity index (χ3v) is 1.82. The minimum Gasteiger partial charge on any atom is -0.138 e. The molecule has 0 spiro atoms. The van der Waals surface area contributed by atoms with Gasteiger partial charge in [-0.1, -0.05) is 32.3 Å². The largest absolute Gasteiger partial charge is 0.138 e. The first kappa shape index (κ1) is 10.1. The van der Waals surface area contributed by atoms with Gasteiger partial charge in [-0.15, -0.1) is 11.8 Å². The van der Waals surface area contributed by atoms with Crippen LogP contribution in [0, 0.1) is 6.92 Å². The lowest BCUT2D eigenvalue weighted by molar-refractivity contribution is 0.695. The van der Waals surface area contributed by atoms with E-state index in [2.05, 4.69) is 24.7 Å². The molecule has 0 aromatic carbocycles. The first-order valence-electron chi connectivity index (χ1n) is 3.89. The summed E-state index contributed by atoms with van der Waals surface area (Å²) < 4.78 is 0. The van der Waals surface area contributed by atoms with E-state index in [0.717, 1.165) is 6.42 Å². The van der Waals surface area contributed by atoms with Gasteiger partial charge in [0.1, 0.15) is 0 Å². The van der Waals surface area contributed by atoms with Crippen LogP contribution in [0.2, 0.25) is 0 Å². The minimum absolute atomic E-state index is 1.09. The molecular weight excluding hydrogens is 140 g/mol. The molecule has 0 aliphatic rings. The second-order valence-corrected chi connectivity index (χ2v) is 3.05. The zero-order valence-corrected chi connectivity index (χ0v) is 7.62. The molecule has 1 radical (unpaired) electrons. The van der Waals surface area contributed by atoms with Crippen LogP contribution < -0.4 is 0 Å². The van der Waals surface area contributed by atoms with Crippen molar-refractivity contribution in [3.8, 4) is 0 Å². The molecule has 1 heteroatoms. The Hall–Kier alpha value is 0.0900. The Kier molecular flexibility index (Phi) is 9.17. The Balaban J connectivity index is 2.83. The van der Waals surface area contributed by atoms with Crippen LogP contribution in [0.4, 0.5) is 0 Å². The Morgan fingerprint density at radius 1 is 1.30 bits per heavy atom. The van der Waals surface area contributed by atoms with E-state index in [0.29, 0.717) is 0 Å². The fourth-order valence-corrected chi connectivity index (χ4v) is 1.11. The lowest BCUT2D eigenvalue weighted by Crippen LogP contribution is -1.72. The van der Waals surface area contributed by atoms with E-state index in [1.165, 1.54) is 25.7 Å². The van der Waals surface area contributed by atoms with Crippen LogP contribution in [-0.2, 0) is 0 Å². The Morgan fingerprint density at radius 3 is 2.70 bits per heavy atom. The van der Waals surface area contributed by atoms with Gasteiger partial charge in [-0.3, -0.25) is 0 Å². The van der Waals surface area contributed by atoms with Crippen LogP contribution in [0.15, 0.2) is 11.5 Å². The number of thioether (sulfide) groups is 1. The molecule has 0 aliphatic carbocycles. The molecule has 0 unspecified atom stereocenters. The molecule has 0 N–H and O–H groups in total. The summed E-state index contributed by atoms with van der Waals surface area (Å²) in [6.45, 7) is 3.80. The topological polar surface area (TPSA) is 0 Å². The quantitative estimate of drug-likeness (QED) is 0.530. The maximum Gasteiger partial charge on any atom is -0.0142 e. The van der Waals surface area contributed by atoms with E-state index in [1.54, 1.807) is 11.8 Å². The van der Waals surface area contributed by atoms with Gasteiger partial charge in [0.2, 0.25) is 0 Å². The van der Waals surface area contributed by atoms with E-state index < -0.39 is 0 Å². The number of hydrogen-bond donors (Lipinski definition) is 0. The van der Waals surface area contributed by atoms with Crippen molar-refractivity contribution in [2.24, 2.45) is 0 Å². The molecule has 0 atom stereocenters. The van der Waals surface area contributed by atoms with Crippen LogP contribution in [0.5, 0.6) is 0 Å². The summed E-state index contributed by atoms with van der Waals surface area (Å²) in [4.78, 5) is 0. The second kappa shape index (κ2) is 9.09. The van der Waals surface area contributed by atoms with Crippen LogP contribution in [0.3, 0.4) is 0 Å². The van der Waals surface area contributed by atoms with E-state index in [9.17, 15) is 0 Å².